The third kappa shape index (κ3) is 2.28. The number of hydrogen-bond acceptors (Lipinski definition) is 5. The van der Waals surface area contributed by atoms with E-state index in [0.717, 1.165) is 0 Å². The quantitative estimate of drug-likeness (QED) is 0.622. The first-order valence-electron chi connectivity index (χ1n) is 5.35. The van der Waals surface area contributed by atoms with Crippen LogP contribution in [0, 0.1) is 10.1 Å². The highest BCUT2D eigenvalue weighted by molar-refractivity contribution is 9.10. The number of pyridine rings is 1. The predicted molar refractivity (Wildman–Crippen MR) is 68.2 cm³/mol. The van der Waals surface area contributed by atoms with Crippen LogP contribution in [-0.2, 0) is 4.79 Å². The van der Waals surface area contributed by atoms with E-state index >= 15 is 0 Å². The van der Waals surface area contributed by atoms with Crippen LogP contribution in [-0.4, -0.2) is 40.5 Å². The molecule has 1 aromatic rings. The first kappa shape index (κ1) is 12.7. The molecule has 1 aromatic heterocycles. The van der Waals surface area contributed by atoms with Gasteiger partial charge >= 0.3 is 0 Å². The maximum Gasteiger partial charge on any atom is 0.288 e. The molecule has 1 amide bonds. The lowest BCUT2D eigenvalue weighted by molar-refractivity contribution is -0.385. The van der Waals surface area contributed by atoms with Crippen molar-refractivity contribution in [3.05, 3.63) is 26.9 Å². The number of carbonyl (C=O) groups is 1. The number of anilines is 1. The van der Waals surface area contributed by atoms with Gasteiger partial charge in [0.05, 0.1) is 16.1 Å². The maximum atomic E-state index is 11.6. The SMILES string of the molecule is CCN1CN(c2ncc([N+](=O)[O-])cc2Br)CC1=O. The van der Waals surface area contributed by atoms with Crippen LogP contribution in [0.15, 0.2) is 16.7 Å². The monoisotopic (exact) mass is 314 g/mol. The van der Waals surface area contributed by atoms with Crippen molar-refractivity contribution in [1.82, 2.24) is 9.88 Å². The Morgan fingerprint density at radius 2 is 2.33 bits per heavy atom. The Labute approximate surface area is 112 Å². The highest BCUT2D eigenvalue weighted by atomic mass is 79.9. The normalized spacial score (nSPS) is 15.3. The van der Waals surface area contributed by atoms with Crippen LogP contribution in [0.3, 0.4) is 0 Å². The molecule has 0 aliphatic carbocycles. The summed E-state index contributed by atoms with van der Waals surface area (Å²) in [4.78, 5) is 29.2. The van der Waals surface area contributed by atoms with E-state index in [4.69, 9.17) is 0 Å². The highest BCUT2D eigenvalue weighted by Gasteiger charge is 2.28. The molecule has 18 heavy (non-hydrogen) atoms. The van der Waals surface area contributed by atoms with Crippen molar-refractivity contribution in [1.29, 1.82) is 0 Å². The van der Waals surface area contributed by atoms with E-state index in [1.807, 2.05) is 6.92 Å². The molecule has 1 aliphatic rings. The molecule has 7 nitrogen and oxygen atoms in total. The zero-order valence-corrected chi connectivity index (χ0v) is 11.3. The molecule has 1 aliphatic heterocycles. The molecule has 8 heteroatoms. The van der Waals surface area contributed by atoms with Gasteiger partial charge in [0.25, 0.3) is 5.69 Å². The topological polar surface area (TPSA) is 79.6 Å². The number of likely N-dealkylation sites (N-methyl/N-ethyl adjacent to an activating group) is 1. The van der Waals surface area contributed by atoms with E-state index in [0.29, 0.717) is 23.5 Å². The van der Waals surface area contributed by atoms with Gasteiger partial charge in [0.1, 0.15) is 18.6 Å². The zero-order valence-electron chi connectivity index (χ0n) is 9.67. The van der Waals surface area contributed by atoms with Gasteiger partial charge in [-0.1, -0.05) is 0 Å². The van der Waals surface area contributed by atoms with Crippen LogP contribution in [0.4, 0.5) is 11.5 Å². The predicted octanol–water partition coefficient (Wildman–Crippen LogP) is 1.38. The first-order chi connectivity index (χ1) is 8.52. The fraction of sp³-hybridized carbons (Fsp3) is 0.400. The third-order valence-corrected chi connectivity index (χ3v) is 3.30. The van der Waals surface area contributed by atoms with E-state index in [1.165, 1.54) is 12.3 Å². The molecule has 0 saturated carbocycles. The van der Waals surface area contributed by atoms with Gasteiger partial charge in [-0.3, -0.25) is 14.9 Å². The molecule has 0 N–H and O–H groups in total. The van der Waals surface area contributed by atoms with E-state index in [9.17, 15) is 14.9 Å². The molecule has 96 valence electrons. The number of nitro groups is 1. The minimum atomic E-state index is -0.505. The molecule has 2 heterocycles. The fourth-order valence-electron chi connectivity index (χ4n) is 1.77. The molecule has 1 fully saturated rings. The number of nitrogens with zero attached hydrogens (tertiary/aromatic N) is 4. The van der Waals surface area contributed by atoms with E-state index < -0.39 is 4.92 Å². The van der Waals surface area contributed by atoms with Crippen molar-refractivity contribution in [2.75, 3.05) is 24.7 Å². The second kappa shape index (κ2) is 4.89. The van der Waals surface area contributed by atoms with Gasteiger partial charge in [0, 0.05) is 12.6 Å². The molecule has 0 bridgehead atoms. The summed E-state index contributed by atoms with van der Waals surface area (Å²) in [6, 6.07) is 1.39. The Balaban J connectivity index is 2.25. The average Bonchev–Trinajstić information content (AvgIpc) is 2.70. The molecular formula is C10H11BrN4O3. The summed E-state index contributed by atoms with van der Waals surface area (Å²) in [7, 11) is 0. The summed E-state index contributed by atoms with van der Waals surface area (Å²) in [6.45, 7) is 3.25. The summed E-state index contributed by atoms with van der Waals surface area (Å²) in [5.74, 6) is 0.578. The largest absolute Gasteiger partial charge is 0.329 e. The molecular weight excluding hydrogens is 304 g/mol. The summed E-state index contributed by atoms with van der Waals surface area (Å²) < 4.78 is 0.516. The van der Waals surface area contributed by atoms with Gasteiger partial charge in [-0.2, -0.15) is 0 Å². The Hall–Kier alpha value is -1.70. The lowest BCUT2D eigenvalue weighted by Gasteiger charge is -2.18. The summed E-state index contributed by atoms with van der Waals surface area (Å²) >= 11 is 3.25. The molecule has 0 atom stereocenters. The zero-order chi connectivity index (χ0) is 13.3. The Morgan fingerprint density at radius 3 is 2.83 bits per heavy atom. The summed E-state index contributed by atoms with van der Waals surface area (Å²) in [6.07, 6.45) is 1.19. The van der Waals surface area contributed by atoms with Gasteiger partial charge in [0.2, 0.25) is 5.91 Å². The van der Waals surface area contributed by atoms with Crippen molar-refractivity contribution in [2.24, 2.45) is 0 Å². The first-order valence-corrected chi connectivity index (χ1v) is 6.15. The van der Waals surface area contributed by atoms with E-state index in [2.05, 4.69) is 20.9 Å². The number of halogens is 1. The van der Waals surface area contributed by atoms with Gasteiger partial charge in [-0.25, -0.2) is 4.98 Å². The number of amides is 1. The Kier molecular flexibility index (Phi) is 3.46. The van der Waals surface area contributed by atoms with E-state index in [1.54, 1.807) is 9.80 Å². The Morgan fingerprint density at radius 1 is 1.61 bits per heavy atom. The number of hydrogen-bond donors (Lipinski definition) is 0. The fourth-order valence-corrected chi connectivity index (χ4v) is 2.36. The van der Waals surface area contributed by atoms with Crippen LogP contribution >= 0.6 is 15.9 Å². The molecule has 2 rings (SSSR count). The molecule has 0 aromatic carbocycles. The van der Waals surface area contributed by atoms with Crippen LogP contribution in [0.2, 0.25) is 0 Å². The average molecular weight is 315 g/mol. The molecule has 1 saturated heterocycles. The van der Waals surface area contributed by atoms with Crippen molar-refractivity contribution < 1.29 is 9.72 Å². The number of rotatable bonds is 3. The number of aromatic nitrogens is 1. The maximum absolute atomic E-state index is 11.6. The van der Waals surface area contributed by atoms with Crippen molar-refractivity contribution in [3.8, 4) is 0 Å². The second-order valence-corrected chi connectivity index (χ2v) is 4.70. The lowest BCUT2D eigenvalue weighted by Crippen LogP contribution is -2.27. The van der Waals surface area contributed by atoms with Gasteiger partial charge < -0.3 is 9.80 Å². The minimum Gasteiger partial charge on any atom is -0.329 e. The molecule has 0 spiro atoms. The summed E-state index contributed by atoms with van der Waals surface area (Å²) in [5.41, 5.74) is -0.0801. The molecule has 0 radical (unpaired) electrons. The number of carbonyl (C=O) groups excluding carboxylic acids is 1. The highest BCUT2D eigenvalue weighted by Crippen LogP contribution is 2.29. The Bertz CT molecular complexity index is 508. The standard InChI is InChI=1S/C10H11BrN4O3/c1-2-13-6-14(5-9(13)16)10-8(11)3-7(4-12-10)15(17)18/h3-4H,2,5-6H2,1H3. The summed E-state index contributed by atoms with van der Waals surface area (Å²) in [5, 5.41) is 10.6. The van der Waals surface area contributed by atoms with Crippen molar-refractivity contribution in [2.45, 2.75) is 6.92 Å². The van der Waals surface area contributed by atoms with Gasteiger partial charge in [-0.05, 0) is 22.9 Å². The third-order valence-electron chi connectivity index (χ3n) is 2.72. The van der Waals surface area contributed by atoms with Crippen LogP contribution in [0.5, 0.6) is 0 Å². The van der Waals surface area contributed by atoms with E-state index in [-0.39, 0.29) is 18.1 Å². The van der Waals surface area contributed by atoms with Gasteiger partial charge in [-0.15, -0.1) is 0 Å². The van der Waals surface area contributed by atoms with Crippen molar-refractivity contribution >= 4 is 33.3 Å². The second-order valence-electron chi connectivity index (χ2n) is 3.85. The van der Waals surface area contributed by atoms with Gasteiger partial charge in [0.15, 0.2) is 0 Å². The van der Waals surface area contributed by atoms with Crippen molar-refractivity contribution in [3.63, 3.8) is 0 Å². The van der Waals surface area contributed by atoms with Crippen LogP contribution in [0.25, 0.3) is 0 Å². The molecule has 0 unspecified atom stereocenters. The van der Waals surface area contributed by atoms with Crippen LogP contribution < -0.4 is 4.90 Å². The lowest BCUT2D eigenvalue weighted by atomic mass is 10.4. The smallest absolute Gasteiger partial charge is 0.288 e. The minimum absolute atomic E-state index is 0.0320. The van der Waals surface area contributed by atoms with Crippen LogP contribution in [0.1, 0.15) is 6.92 Å².